The van der Waals surface area contributed by atoms with Gasteiger partial charge in [-0.05, 0) is 50.1 Å². The highest BCUT2D eigenvalue weighted by molar-refractivity contribution is 5.92. The Kier molecular flexibility index (Phi) is 4.93. The van der Waals surface area contributed by atoms with Gasteiger partial charge in [-0.25, -0.2) is 9.89 Å². The van der Waals surface area contributed by atoms with Crippen LogP contribution in [0.4, 0.5) is 0 Å². The van der Waals surface area contributed by atoms with Crippen molar-refractivity contribution in [3.05, 3.63) is 51.4 Å². The number of nitrogens with one attached hydrogen (secondary N) is 1. The van der Waals surface area contributed by atoms with Gasteiger partial charge in [0.25, 0.3) is 5.56 Å². The second-order valence-electron chi connectivity index (χ2n) is 4.85. The van der Waals surface area contributed by atoms with Crippen LogP contribution in [0.25, 0.3) is 0 Å². The molecule has 22 heavy (non-hydrogen) atoms. The van der Waals surface area contributed by atoms with Crippen LogP contribution in [0.3, 0.4) is 0 Å². The van der Waals surface area contributed by atoms with Gasteiger partial charge in [0.1, 0.15) is 17.1 Å². The Morgan fingerprint density at radius 2 is 1.82 bits per heavy atom. The van der Waals surface area contributed by atoms with E-state index < -0.39 is 11.5 Å². The number of carbonyl (C=O) groups excluding carboxylic acids is 1. The highest BCUT2D eigenvalue weighted by atomic mass is 16.5. The first-order valence-corrected chi connectivity index (χ1v) is 7.03. The summed E-state index contributed by atoms with van der Waals surface area (Å²) in [5.41, 5.74) is 0.501. The van der Waals surface area contributed by atoms with Gasteiger partial charge in [0.2, 0.25) is 0 Å². The van der Waals surface area contributed by atoms with Crippen LogP contribution in [0.5, 0.6) is 11.5 Å². The third kappa shape index (κ3) is 3.52. The van der Waals surface area contributed by atoms with Gasteiger partial charge in [-0.1, -0.05) is 6.92 Å². The molecular formula is C16H18N2O4. The summed E-state index contributed by atoms with van der Waals surface area (Å²) in [6.07, 6.45) is 0.917. The van der Waals surface area contributed by atoms with E-state index >= 15 is 0 Å². The summed E-state index contributed by atoms with van der Waals surface area (Å²) in [7, 11) is 0. The minimum absolute atomic E-state index is 0.0289. The number of hydrogen-bond donors (Lipinski definition) is 1. The van der Waals surface area contributed by atoms with E-state index in [-0.39, 0.29) is 5.56 Å². The van der Waals surface area contributed by atoms with E-state index in [4.69, 9.17) is 9.47 Å². The van der Waals surface area contributed by atoms with Gasteiger partial charge in [-0.15, -0.1) is 0 Å². The van der Waals surface area contributed by atoms with Crippen LogP contribution in [0.2, 0.25) is 0 Å². The molecule has 0 spiro atoms. The summed E-state index contributed by atoms with van der Waals surface area (Å²) >= 11 is 0. The largest absolute Gasteiger partial charge is 0.494 e. The smallest absolute Gasteiger partial charge is 0.349 e. The van der Waals surface area contributed by atoms with E-state index in [0.29, 0.717) is 29.4 Å². The van der Waals surface area contributed by atoms with Crippen LogP contribution in [-0.4, -0.2) is 22.8 Å². The van der Waals surface area contributed by atoms with Gasteiger partial charge in [-0.3, -0.25) is 4.79 Å². The monoisotopic (exact) mass is 302 g/mol. The predicted molar refractivity (Wildman–Crippen MR) is 81.5 cm³/mol. The first-order chi connectivity index (χ1) is 10.5. The number of esters is 1. The fourth-order valence-electron chi connectivity index (χ4n) is 1.85. The Bertz CT molecular complexity index is 720. The number of benzene rings is 1. The van der Waals surface area contributed by atoms with Gasteiger partial charge in [0.15, 0.2) is 0 Å². The van der Waals surface area contributed by atoms with Crippen molar-refractivity contribution in [2.75, 3.05) is 6.61 Å². The molecule has 6 nitrogen and oxygen atoms in total. The van der Waals surface area contributed by atoms with Crippen LogP contribution in [0, 0.1) is 13.8 Å². The van der Waals surface area contributed by atoms with Crippen molar-refractivity contribution in [1.29, 1.82) is 0 Å². The zero-order valence-electron chi connectivity index (χ0n) is 12.8. The Morgan fingerprint density at radius 3 is 2.45 bits per heavy atom. The molecular weight excluding hydrogens is 284 g/mol. The Balaban J connectivity index is 2.16. The highest BCUT2D eigenvalue weighted by Gasteiger charge is 2.18. The third-order valence-electron chi connectivity index (χ3n) is 3.18. The Morgan fingerprint density at radius 1 is 1.18 bits per heavy atom. The normalized spacial score (nSPS) is 10.3. The van der Waals surface area contributed by atoms with Gasteiger partial charge in [-0.2, -0.15) is 5.10 Å². The van der Waals surface area contributed by atoms with E-state index in [1.807, 2.05) is 6.92 Å². The predicted octanol–water partition coefficient (Wildman–Crippen LogP) is 2.39. The lowest BCUT2D eigenvalue weighted by molar-refractivity contribution is 0.0731. The van der Waals surface area contributed by atoms with Crippen LogP contribution in [0.15, 0.2) is 29.1 Å². The molecule has 0 bridgehead atoms. The molecule has 0 amide bonds. The number of rotatable bonds is 5. The van der Waals surface area contributed by atoms with Gasteiger partial charge < -0.3 is 9.47 Å². The van der Waals surface area contributed by atoms with E-state index in [0.717, 1.165) is 6.42 Å². The molecule has 1 aromatic carbocycles. The van der Waals surface area contributed by atoms with Crippen molar-refractivity contribution in [3.63, 3.8) is 0 Å². The number of nitrogens with zero attached hydrogens (tertiary/aromatic N) is 1. The van der Waals surface area contributed by atoms with Crippen molar-refractivity contribution >= 4 is 5.97 Å². The molecule has 2 aromatic rings. The molecule has 0 atom stereocenters. The number of hydrogen-bond acceptors (Lipinski definition) is 5. The number of ether oxygens (including phenoxy) is 2. The lowest BCUT2D eigenvalue weighted by atomic mass is 10.1. The molecule has 116 valence electrons. The molecule has 0 saturated carbocycles. The van der Waals surface area contributed by atoms with Gasteiger partial charge in [0, 0.05) is 0 Å². The highest BCUT2D eigenvalue weighted by Crippen LogP contribution is 2.19. The average molecular weight is 302 g/mol. The van der Waals surface area contributed by atoms with Crippen molar-refractivity contribution in [2.24, 2.45) is 0 Å². The summed E-state index contributed by atoms with van der Waals surface area (Å²) in [6.45, 7) is 6.02. The van der Waals surface area contributed by atoms with E-state index in [1.54, 1.807) is 38.1 Å². The molecule has 0 aliphatic carbocycles. The average Bonchev–Trinajstić information content (AvgIpc) is 2.51. The maximum Gasteiger partial charge on any atom is 0.349 e. The fourth-order valence-corrected chi connectivity index (χ4v) is 1.85. The zero-order valence-corrected chi connectivity index (χ0v) is 12.8. The van der Waals surface area contributed by atoms with E-state index in [1.165, 1.54) is 0 Å². The molecule has 0 radical (unpaired) electrons. The summed E-state index contributed by atoms with van der Waals surface area (Å²) in [5, 5.41) is 6.09. The Hall–Kier alpha value is -2.63. The standard InChI is InChI=1S/C16H18N2O4/c1-4-9-21-12-5-7-13(8-6-12)22-16(20)14-10(2)11(3)17-18-15(14)19/h5-8H,4,9H2,1-3H3,(H,18,19). The lowest BCUT2D eigenvalue weighted by Gasteiger charge is -2.08. The first-order valence-electron chi connectivity index (χ1n) is 7.03. The molecule has 1 heterocycles. The summed E-state index contributed by atoms with van der Waals surface area (Å²) < 4.78 is 10.7. The second-order valence-corrected chi connectivity index (χ2v) is 4.85. The van der Waals surface area contributed by atoms with E-state index in [2.05, 4.69) is 10.2 Å². The SMILES string of the molecule is CCCOc1ccc(OC(=O)c2c(C)c(C)n[nH]c2=O)cc1. The van der Waals surface area contributed by atoms with Crippen molar-refractivity contribution < 1.29 is 14.3 Å². The molecule has 0 fully saturated rings. The van der Waals surface area contributed by atoms with Crippen LogP contribution < -0.4 is 15.0 Å². The van der Waals surface area contributed by atoms with Crippen LogP contribution in [-0.2, 0) is 0 Å². The number of aromatic nitrogens is 2. The number of aryl methyl sites for hydroxylation is 1. The van der Waals surface area contributed by atoms with Crippen molar-refractivity contribution in [3.8, 4) is 11.5 Å². The minimum Gasteiger partial charge on any atom is -0.494 e. The van der Waals surface area contributed by atoms with Gasteiger partial charge in [0.05, 0.1) is 12.3 Å². The molecule has 1 N–H and O–H groups in total. The molecule has 0 saturated heterocycles. The van der Waals surface area contributed by atoms with Crippen molar-refractivity contribution in [2.45, 2.75) is 27.2 Å². The topological polar surface area (TPSA) is 81.3 Å². The first kappa shape index (κ1) is 15.8. The number of H-pyrrole nitrogens is 1. The third-order valence-corrected chi connectivity index (χ3v) is 3.18. The molecule has 0 unspecified atom stereocenters. The quantitative estimate of drug-likeness (QED) is 0.677. The maximum atomic E-state index is 12.2. The van der Waals surface area contributed by atoms with Gasteiger partial charge >= 0.3 is 5.97 Å². The lowest BCUT2D eigenvalue weighted by Crippen LogP contribution is -2.25. The van der Waals surface area contributed by atoms with E-state index in [9.17, 15) is 9.59 Å². The van der Waals surface area contributed by atoms with Crippen LogP contribution in [0.1, 0.15) is 35.0 Å². The molecule has 0 aliphatic rings. The fraction of sp³-hybridized carbons (Fsp3) is 0.312. The zero-order chi connectivity index (χ0) is 16.1. The summed E-state index contributed by atoms with van der Waals surface area (Å²) in [4.78, 5) is 23.9. The maximum absolute atomic E-state index is 12.2. The molecule has 6 heteroatoms. The summed E-state index contributed by atoms with van der Waals surface area (Å²) in [5.74, 6) is 0.351. The molecule has 0 aliphatic heterocycles. The summed E-state index contributed by atoms with van der Waals surface area (Å²) in [6, 6.07) is 6.68. The second kappa shape index (κ2) is 6.89. The van der Waals surface area contributed by atoms with Crippen molar-refractivity contribution in [1.82, 2.24) is 10.2 Å². The van der Waals surface area contributed by atoms with Crippen LogP contribution >= 0.6 is 0 Å². The number of carbonyl (C=O) groups is 1. The number of aromatic amines is 1. The Labute approximate surface area is 128 Å². The molecule has 1 aromatic heterocycles. The molecule has 2 rings (SSSR count). The minimum atomic E-state index is -0.702.